The number of carboxylic acid groups (broad SMARTS) is 1. The lowest BCUT2D eigenvalue weighted by molar-refractivity contribution is -0.137. The van der Waals surface area contributed by atoms with Gasteiger partial charge in [-0.1, -0.05) is 11.6 Å². The Labute approximate surface area is 110 Å². The van der Waals surface area contributed by atoms with Gasteiger partial charge in [-0.2, -0.15) is 0 Å². The van der Waals surface area contributed by atoms with Gasteiger partial charge in [0.15, 0.2) is 0 Å². The largest absolute Gasteiger partial charge is 0.481 e. The van der Waals surface area contributed by atoms with Crippen molar-refractivity contribution in [2.45, 2.75) is 20.3 Å². The highest BCUT2D eigenvalue weighted by molar-refractivity contribution is 6.33. The molecule has 98 valence electrons. The fraction of sp³-hybridized carbons (Fsp3) is 0.417. The van der Waals surface area contributed by atoms with Gasteiger partial charge in [-0.15, -0.1) is 0 Å². The van der Waals surface area contributed by atoms with Gasteiger partial charge >= 0.3 is 5.97 Å². The van der Waals surface area contributed by atoms with Crippen LogP contribution in [0, 0.1) is 6.92 Å². The molecule has 18 heavy (non-hydrogen) atoms. The van der Waals surface area contributed by atoms with Crippen LogP contribution in [0.3, 0.4) is 0 Å². The molecule has 0 aliphatic carbocycles. The normalized spacial score (nSPS) is 10.2. The first kappa shape index (κ1) is 14.4. The number of carbonyl (C=O) groups excluding carboxylic acids is 1. The molecule has 0 bridgehead atoms. The Morgan fingerprint density at radius 3 is 2.67 bits per heavy atom. The Morgan fingerprint density at radius 2 is 2.17 bits per heavy atom. The van der Waals surface area contributed by atoms with E-state index in [1.807, 2.05) is 0 Å². The van der Waals surface area contributed by atoms with Crippen LogP contribution in [-0.2, 0) is 4.79 Å². The summed E-state index contributed by atoms with van der Waals surface area (Å²) in [5, 5.41) is 8.96. The van der Waals surface area contributed by atoms with Gasteiger partial charge < -0.3 is 10.0 Å². The fourth-order valence-electron chi connectivity index (χ4n) is 1.49. The number of carboxylic acids is 1. The lowest BCUT2D eigenvalue weighted by Gasteiger charge is -2.20. The Balaban J connectivity index is 2.86. The van der Waals surface area contributed by atoms with Crippen molar-refractivity contribution >= 4 is 23.5 Å². The van der Waals surface area contributed by atoms with Crippen LogP contribution in [0.25, 0.3) is 0 Å². The number of aliphatic carboxylic acids is 1. The lowest BCUT2D eigenvalue weighted by atomic mass is 10.2. The van der Waals surface area contributed by atoms with Crippen LogP contribution < -0.4 is 0 Å². The van der Waals surface area contributed by atoms with Crippen LogP contribution in [0.5, 0.6) is 0 Å². The Hall–Kier alpha value is -1.62. The lowest BCUT2D eigenvalue weighted by Crippen LogP contribution is -2.33. The number of nitrogens with zero attached hydrogens (tertiary/aromatic N) is 2. The van der Waals surface area contributed by atoms with E-state index in [4.69, 9.17) is 16.7 Å². The molecule has 6 heteroatoms. The smallest absolute Gasteiger partial charge is 0.305 e. The van der Waals surface area contributed by atoms with Crippen LogP contribution in [0.1, 0.15) is 29.4 Å². The van der Waals surface area contributed by atoms with Crippen molar-refractivity contribution in [3.8, 4) is 0 Å². The third kappa shape index (κ3) is 3.70. The second kappa shape index (κ2) is 6.35. The van der Waals surface area contributed by atoms with Gasteiger partial charge in [-0.25, -0.2) is 0 Å². The molecule has 0 aliphatic rings. The summed E-state index contributed by atoms with van der Waals surface area (Å²) < 4.78 is 0. The van der Waals surface area contributed by atoms with Gasteiger partial charge in [0.2, 0.25) is 0 Å². The molecular weight excluding hydrogens is 256 g/mol. The fourth-order valence-corrected chi connectivity index (χ4v) is 1.78. The van der Waals surface area contributed by atoms with Crippen LogP contribution in [0.2, 0.25) is 5.02 Å². The predicted molar refractivity (Wildman–Crippen MR) is 67.8 cm³/mol. The summed E-state index contributed by atoms with van der Waals surface area (Å²) in [6, 6.07) is 1.61. The van der Waals surface area contributed by atoms with Crippen molar-refractivity contribution in [2.24, 2.45) is 0 Å². The third-order valence-corrected chi connectivity index (χ3v) is 2.80. The molecule has 1 rings (SSSR count). The number of pyridine rings is 1. The number of aromatic nitrogens is 1. The van der Waals surface area contributed by atoms with Crippen molar-refractivity contribution in [2.75, 3.05) is 13.1 Å². The van der Waals surface area contributed by atoms with E-state index in [1.54, 1.807) is 19.9 Å². The van der Waals surface area contributed by atoms with Crippen molar-refractivity contribution in [1.82, 2.24) is 9.88 Å². The molecular formula is C12H15ClN2O3. The van der Waals surface area contributed by atoms with Crippen LogP contribution in [0.4, 0.5) is 0 Å². The Morgan fingerprint density at radius 1 is 1.50 bits per heavy atom. The highest BCUT2D eigenvalue weighted by atomic mass is 35.5. The standard InChI is InChI=1S/C12H15ClN2O3/c1-3-15(5-4-11(16)17)12(18)9-7-14-8(2)6-10(9)13/h6-7H,3-5H2,1-2H3,(H,16,17). The molecule has 5 nitrogen and oxygen atoms in total. The highest BCUT2D eigenvalue weighted by Gasteiger charge is 2.18. The van der Waals surface area contributed by atoms with E-state index in [0.29, 0.717) is 17.1 Å². The van der Waals surface area contributed by atoms with Gasteiger partial charge in [0.25, 0.3) is 5.91 Å². The molecule has 0 radical (unpaired) electrons. The second-order valence-electron chi connectivity index (χ2n) is 3.83. The SMILES string of the molecule is CCN(CCC(=O)O)C(=O)c1cnc(C)cc1Cl. The maximum atomic E-state index is 12.1. The van der Waals surface area contributed by atoms with Gasteiger partial charge in [-0.3, -0.25) is 14.6 Å². The maximum Gasteiger partial charge on any atom is 0.305 e. The average molecular weight is 271 g/mol. The van der Waals surface area contributed by atoms with E-state index < -0.39 is 5.97 Å². The molecule has 0 unspecified atom stereocenters. The van der Waals surface area contributed by atoms with Crippen molar-refractivity contribution in [1.29, 1.82) is 0 Å². The zero-order valence-electron chi connectivity index (χ0n) is 10.3. The molecule has 0 aromatic carbocycles. The van der Waals surface area contributed by atoms with Gasteiger partial charge in [0.1, 0.15) is 0 Å². The third-order valence-electron chi connectivity index (χ3n) is 2.49. The first-order chi connectivity index (χ1) is 8.45. The second-order valence-corrected chi connectivity index (χ2v) is 4.24. The number of hydrogen-bond donors (Lipinski definition) is 1. The van der Waals surface area contributed by atoms with Crippen molar-refractivity contribution in [3.05, 3.63) is 28.5 Å². The molecule has 1 heterocycles. The Kier molecular flexibility index (Phi) is 5.09. The van der Waals surface area contributed by atoms with E-state index >= 15 is 0 Å². The Bertz CT molecular complexity index is 463. The van der Waals surface area contributed by atoms with E-state index in [-0.39, 0.29) is 18.9 Å². The van der Waals surface area contributed by atoms with Crippen LogP contribution in [-0.4, -0.2) is 40.0 Å². The molecule has 0 saturated heterocycles. The van der Waals surface area contributed by atoms with Gasteiger partial charge in [0, 0.05) is 25.0 Å². The topological polar surface area (TPSA) is 70.5 Å². The molecule has 0 spiro atoms. The predicted octanol–water partition coefficient (Wildman–Crippen LogP) is 1.98. The summed E-state index contributed by atoms with van der Waals surface area (Å²) in [5.41, 5.74) is 1.03. The zero-order valence-corrected chi connectivity index (χ0v) is 11.1. The first-order valence-electron chi connectivity index (χ1n) is 5.59. The minimum atomic E-state index is -0.936. The molecule has 1 aromatic rings. The quantitative estimate of drug-likeness (QED) is 0.888. The van der Waals surface area contributed by atoms with E-state index in [0.717, 1.165) is 5.69 Å². The zero-order chi connectivity index (χ0) is 13.7. The van der Waals surface area contributed by atoms with Crippen molar-refractivity contribution < 1.29 is 14.7 Å². The number of rotatable bonds is 5. The summed E-state index contributed by atoms with van der Waals surface area (Å²) in [6.45, 7) is 4.16. The molecule has 1 aromatic heterocycles. The monoisotopic (exact) mass is 270 g/mol. The summed E-state index contributed by atoms with van der Waals surface area (Å²) in [6.07, 6.45) is 1.33. The summed E-state index contributed by atoms with van der Waals surface area (Å²) >= 11 is 5.98. The first-order valence-corrected chi connectivity index (χ1v) is 5.96. The molecule has 1 amide bonds. The number of amides is 1. The van der Waals surface area contributed by atoms with E-state index in [2.05, 4.69) is 4.98 Å². The molecule has 0 aliphatic heterocycles. The highest BCUT2D eigenvalue weighted by Crippen LogP contribution is 2.17. The summed E-state index contributed by atoms with van der Waals surface area (Å²) in [7, 11) is 0. The van der Waals surface area contributed by atoms with Gasteiger partial charge in [0.05, 0.1) is 17.0 Å². The number of carbonyl (C=O) groups is 2. The number of hydrogen-bond acceptors (Lipinski definition) is 3. The summed E-state index contributed by atoms with van der Waals surface area (Å²) in [4.78, 5) is 28.1. The minimum absolute atomic E-state index is 0.0868. The molecule has 1 N–H and O–H groups in total. The molecule has 0 atom stereocenters. The van der Waals surface area contributed by atoms with Gasteiger partial charge in [-0.05, 0) is 19.9 Å². The number of aryl methyl sites for hydroxylation is 1. The van der Waals surface area contributed by atoms with Crippen LogP contribution in [0.15, 0.2) is 12.3 Å². The maximum absolute atomic E-state index is 12.1. The average Bonchev–Trinajstić information content (AvgIpc) is 2.29. The van der Waals surface area contributed by atoms with E-state index in [9.17, 15) is 9.59 Å². The van der Waals surface area contributed by atoms with E-state index in [1.165, 1.54) is 11.1 Å². The van der Waals surface area contributed by atoms with Crippen molar-refractivity contribution in [3.63, 3.8) is 0 Å². The number of halogens is 1. The molecule has 0 fully saturated rings. The summed E-state index contributed by atoms with van der Waals surface area (Å²) in [5.74, 6) is -1.23. The minimum Gasteiger partial charge on any atom is -0.481 e. The molecule has 0 saturated carbocycles. The van der Waals surface area contributed by atoms with Crippen LogP contribution >= 0.6 is 11.6 Å².